The molecule has 0 radical (unpaired) electrons. The number of hydrogen-bond acceptors (Lipinski definition) is 12. The number of nitrogens with zero attached hydrogens (tertiary/aromatic N) is 3. The van der Waals surface area contributed by atoms with Crippen molar-refractivity contribution in [3.8, 4) is 11.5 Å². The van der Waals surface area contributed by atoms with Crippen LogP contribution in [0.25, 0.3) is 10.9 Å². The fourth-order valence-corrected chi connectivity index (χ4v) is 4.21. The normalized spacial score (nSPS) is 16.7. The number of halogens is 2. The van der Waals surface area contributed by atoms with Gasteiger partial charge in [0.15, 0.2) is 17.1 Å². The molecule has 1 aromatic heterocycles. The lowest BCUT2D eigenvalue weighted by molar-refractivity contribution is -0.417. The third-order valence-corrected chi connectivity index (χ3v) is 6.47. The Hall–Kier alpha value is -2.69. The highest BCUT2D eigenvalue weighted by atomic mass is 79.9. The third kappa shape index (κ3) is 5.21. The highest BCUT2D eigenvalue weighted by Gasteiger charge is 2.54. The van der Waals surface area contributed by atoms with Crippen LogP contribution in [0.2, 0.25) is 0 Å². The monoisotopic (exact) mass is 570 g/mol. The van der Waals surface area contributed by atoms with E-state index in [-0.39, 0.29) is 54.5 Å². The molecule has 0 bridgehead atoms. The van der Waals surface area contributed by atoms with E-state index in [1.165, 1.54) is 37.7 Å². The molecule has 36 heavy (non-hydrogen) atoms. The molecule has 1 aliphatic rings. The molecule has 12 nitrogen and oxygen atoms in total. The average molecular weight is 571 g/mol. The summed E-state index contributed by atoms with van der Waals surface area (Å²) in [6.07, 6.45) is -2.65. The van der Waals surface area contributed by atoms with Gasteiger partial charge in [-0.15, -0.1) is 0 Å². The highest BCUT2D eigenvalue weighted by Crippen LogP contribution is 2.40. The summed E-state index contributed by atoms with van der Waals surface area (Å²) >= 11 is 3.20. The Morgan fingerprint density at radius 3 is 2.36 bits per heavy atom. The quantitative estimate of drug-likeness (QED) is 0.198. The number of fused-ring (bicyclic) bond motifs is 1. The first-order valence-corrected chi connectivity index (χ1v) is 11.5. The molecule has 1 saturated heterocycles. The molecule has 0 atom stereocenters. The zero-order chi connectivity index (χ0) is 26.3. The van der Waals surface area contributed by atoms with Gasteiger partial charge in [0.1, 0.15) is 18.0 Å². The number of likely N-dealkylation sites (tertiary alicyclic amines) is 1. The van der Waals surface area contributed by atoms with E-state index in [9.17, 15) is 35.0 Å². The SMILES string of the molecule is COc1cc2c(Nc3ccc(Br)cc3F)ncnc2cc1OC(O)(O)C1(O)CCN(C(O)(O)O)CC1. The molecule has 3 aromatic rings. The number of nitrogens with one attached hydrogen (secondary N) is 1. The molecule has 1 fully saturated rings. The van der Waals surface area contributed by atoms with E-state index in [1.54, 1.807) is 6.07 Å². The molecule has 0 spiro atoms. The van der Waals surface area contributed by atoms with Gasteiger partial charge in [-0.3, -0.25) is 0 Å². The second-order valence-electron chi connectivity index (χ2n) is 8.32. The van der Waals surface area contributed by atoms with Gasteiger partial charge in [0.2, 0.25) is 0 Å². The van der Waals surface area contributed by atoms with Gasteiger partial charge in [-0.25, -0.2) is 19.3 Å². The van der Waals surface area contributed by atoms with Crippen LogP contribution in [-0.2, 0) is 0 Å². The van der Waals surface area contributed by atoms with Crippen molar-refractivity contribution >= 4 is 38.3 Å². The summed E-state index contributed by atoms with van der Waals surface area (Å²) in [6.45, 7) is -0.564. The maximum atomic E-state index is 14.3. The number of hydrogen-bond donors (Lipinski definition) is 7. The largest absolute Gasteiger partial charge is 0.493 e. The van der Waals surface area contributed by atoms with Crippen molar-refractivity contribution in [3.63, 3.8) is 0 Å². The summed E-state index contributed by atoms with van der Waals surface area (Å²) in [4.78, 5) is 9.13. The van der Waals surface area contributed by atoms with Crippen molar-refractivity contribution in [1.82, 2.24) is 14.9 Å². The summed E-state index contributed by atoms with van der Waals surface area (Å²) in [5.41, 5.74) is -1.79. The zero-order valence-corrected chi connectivity index (χ0v) is 20.5. The van der Waals surface area contributed by atoms with Crippen LogP contribution in [0.3, 0.4) is 0 Å². The molecule has 4 rings (SSSR count). The van der Waals surface area contributed by atoms with E-state index in [2.05, 4.69) is 31.2 Å². The van der Waals surface area contributed by atoms with Crippen LogP contribution in [0.15, 0.2) is 41.1 Å². The molecule has 194 valence electrons. The second-order valence-corrected chi connectivity index (χ2v) is 9.24. The predicted molar refractivity (Wildman–Crippen MR) is 126 cm³/mol. The number of aromatic nitrogens is 2. The summed E-state index contributed by atoms with van der Waals surface area (Å²) < 4.78 is 25.6. The average Bonchev–Trinajstić information content (AvgIpc) is 2.80. The Bertz CT molecular complexity index is 1260. The Balaban J connectivity index is 1.63. The third-order valence-electron chi connectivity index (χ3n) is 5.98. The predicted octanol–water partition coefficient (Wildman–Crippen LogP) is 0.716. The minimum absolute atomic E-state index is 0.0326. The molecular formula is C22H24BrFN4O8. The maximum Gasteiger partial charge on any atom is 0.352 e. The van der Waals surface area contributed by atoms with Crippen molar-refractivity contribution < 1.29 is 44.5 Å². The lowest BCUT2D eigenvalue weighted by atomic mass is 9.88. The Morgan fingerprint density at radius 1 is 1.06 bits per heavy atom. The first-order valence-electron chi connectivity index (χ1n) is 10.7. The highest BCUT2D eigenvalue weighted by molar-refractivity contribution is 9.10. The van der Waals surface area contributed by atoms with Gasteiger partial charge in [0, 0.05) is 29.0 Å². The molecule has 0 unspecified atom stereocenters. The van der Waals surface area contributed by atoms with Crippen molar-refractivity contribution in [2.45, 2.75) is 30.5 Å². The van der Waals surface area contributed by atoms with E-state index in [1.807, 2.05) is 0 Å². The van der Waals surface area contributed by atoms with Crippen molar-refractivity contribution in [3.05, 3.63) is 46.9 Å². The van der Waals surface area contributed by atoms with Crippen molar-refractivity contribution in [2.75, 3.05) is 25.5 Å². The van der Waals surface area contributed by atoms with Gasteiger partial charge in [0.25, 0.3) is 0 Å². The first kappa shape index (κ1) is 26.4. The van der Waals surface area contributed by atoms with E-state index in [4.69, 9.17) is 9.47 Å². The summed E-state index contributed by atoms with van der Waals surface area (Å²) in [5, 5.41) is 63.4. The molecular weight excluding hydrogens is 547 g/mol. The number of anilines is 2. The Morgan fingerprint density at radius 2 is 1.75 bits per heavy atom. The maximum absolute atomic E-state index is 14.3. The fraction of sp³-hybridized carbons (Fsp3) is 0.364. The van der Waals surface area contributed by atoms with Crippen LogP contribution >= 0.6 is 15.9 Å². The molecule has 2 heterocycles. The fourth-order valence-electron chi connectivity index (χ4n) is 3.87. The lowest BCUT2D eigenvalue weighted by Crippen LogP contribution is -2.65. The van der Waals surface area contributed by atoms with Gasteiger partial charge >= 0.3 is 12.1 Å². The number of rotatable bonds is 7. The van der Waals surface area contributed by atoms with Crippen LogP contribution in [0.4, 0.5) is 15.9 Å². The summed E-state index contributed by atoms with van der Waals surface area (Å²) in [5.74, 6) is -3.54. The lowest BCUT2D eigenvalue weighted by Gasteiger charge is -2.45. The topological polar surface area (TPSA) is 181 Å². The Labute approximate surface area is 212 Å². The number of ether oxygens (including phenoxy) is 2. The van der Waals surface area contributed by atoms with E-state index in [0.29, 0.717) is 9.86 Å². The van der Waals surface area contributed by atoms with Crippen LogP contribution in [-0.4, -0.2) is 83.4 Å². The number of benzene rings is 2. The molecule has 0 aliphatic carbocycles. The first-order chi connectivity index (χ1) is 16.8. The molecule has 0 saturated carbocycles. The van der Waals surface area contributed by atoms with Gasteiger partial charge in [-0.2, -0.15) is 0 Å². The van der Waals surface area contributed by atoms with E-state index >= 15 is 0 Å². The molecule has 0 amide bonds. The second kappa shape index (κ2) is 9.64. The van der Waals surface area contributed by atoms with Crippen LogP contribution in [0, 0.1) is 5.82 Å². The van der Waals surface area contributed by atoms with Crippen LogP contribution in [0.1, 0.15) is 12.8 Å². The number of methoxy groups -OCH3 is 1. The van der Waals surface area contributed by atoms with Gasteiger partial charge in [0.05, 0.1) is 18.3 Å². The van der Waals surface area contributed by atoms with Crippen LogP contribution < -0.4 is 14.8 Å². The Kier molecular flexibility index (Phi) is 7.07. The van der Waals surface area contributed by atoms with Crippen LogP contribution in [0.5, 0.6) is 11.5 Å². The molecule has 7 N–H and O–H groups in total. The molecule has 1 aliphatic heterocycles. The van der Waals surface area contributed by atoms with Crippen molar-refractivity contribution in [1.29, 1.82) is 0 Å². The van der Waals surface area contributed by atoms with Gasteiger partial charge in [-0.1, -0.05) is 15.9 Å². The smallest absolute Gasteiger partial charge is 0.352 e. The zero-order valence-electron chi connectivity index (χ0n) is 18.9. The summed E-state index contributed by atoms with van der Waals surface area (Å²) in [7, 11) is 1.31. The molecule has 2 aromatic carbocycles. The van der Waals surface area contributed by atoms with E-state index < -0.39 is 23.5 Å². The van der Waals surface area contributed by atoms with E-state index in [0.717, 1.165) is 4.90 Å². The standard InChI is InChI=1S/C22H24BrFN4O8/c1-35-17-9-13-16(25-11-26-19(13)27-15-3-2-12(23)8-14(15)24)10-18(17)36-21(30,31)20(29)4-6-28(7-5-20)22(32,33)34/h2-3,8-11,29-34H,4-7H2,1H3,(H,25,26,27). The minimum atomic E-state index is -3.13. The van der Waals surface area contributed by atoms with Gasteiger partial charge in [-0.05, 0) is 37.1 Å². The summed E-state index contributed by atoms with van der Waals surface area (Å²) in [6, 6.07) is 7.24. The van der Waals surface area contributed by atoms with Gasteiger partial charge < -0.3 is 45.4 Å². The minimum Gasteiger partial charge on any atom is -0.493 e. The van der Waals surface area contributed by atoms with Crippen molar-refractivity contribution in [2.24, 2.45) is 0 Å². The number of piperidine rings is 1. The molecule has 14 heteroatoms. The number of aliphatic hydroxyl groups is 6.